The summed E-state index contributed by atoms with van der Waals surface area (Å²) in [5, 5.41) is 10.5. The van der Waals surface area contributed by atoms with Crippen LogP contribution in [-0.2, 0) is 0 Å². The first-order valence-electron chi connectivity index (χ1n) is 4.56. The Bertz CT molecular complexity index is 350. The first-order chi connectivity index (χ1) is 6.56. The maximum atomic E-state index is 10.5. The van der Waals surface area contributed by atoms with E-state index in [4.69, 9.17) is 5.73 Å². The summed E-state index contributed by atoms with van der Waals surface area (Å²) in [4.78, 5) is 10.1. The number of nitrogens with two attached hydrogens (primary N) is 1. The number of nitro benzene ring substituents is 1. The fourth-order valence-electron chi connectivity index (χ4n) is 1.36. The second-order valence-corrected chi connectivity index (χ2v) is 3.31. The lowest BCUT2D eigenvalue weighted by molar-refractivity contribution is -0.384. The summed E-state index contributed by atoms with van der Waals surface area (Å²) < 4.78 is 0. The molecule has 0 saturated heterocycles. The molecule has 0 radical (unpaired) electrons. The predicted molar refractivity (Wildman–Crippen MR) is 55.1 cm³/mol. The Balaban J connectivity index is 3.14. The van der Waals surface area contributed by atoms with E-state index in [0.29, 0.717) is 0 Å². The minimum absolute atomic E-state index is 0.106. The average molecular weight is 194 g/mol. The molecule has 0 amide bonds. The Morgan fingerprint density at radius 3 is 2.71 bits per heavy atom. The van der Waals surface area contributed by atoms with Gasteiger partial charge in [0.2, 0.25) is 0 Å². The van der Waals surface area contributed by atoms with Crippen LogP contribution in [-0.4, -0.2) is 4.92 Å². The standard InChI is InChI=1S/C10H14N2O2/c1-3-10(11)9-6-8(12(13)14)5-4-7(9)2/h4-6,10H,3,11H2,1-2H3/t10-/m1/s1. The van der Waals surface area contributed by atoms with Crippen LogP contribution in [0.3, 0.4) is 0 Å². The van der Waals surface area contributed by atoms with E-state index in [0.717, 1.165) is 17.5 Å². The number of aryl methyl sites for hydroxylation is 1. The van der Waals surface area contributed by atoms with Crippen molar-refractivity contribution < 1.29 is 4.92 Å². The van der Waals surface area contributed by atoms with Gasteiger partial charge >= 0.3 is 0 Å². The molecule has 0 aliphatic rings. The first-order valence-corrected chi connectivity index (χ1v) is 4.56. The zero-order chi connectivity index (χ0) is 10.7. The first kappa shape index (κ1) is 10.7. The highest BCUT2D eigenvalue weighted by Crippen LogP contribution is 2.23. The van der Waals surface area contributed by atoms with Crippen molar-refractivity contribution in [3.05, 3.63) is 39.4 Å². The van der Waals surface area contributed by atoms with Gasteiger partial charge in [0.15, 0.2) is 0 Å². The Hall–Kier alpha value is -1.42. The molecule has 0 spiro atoms. The molecule has 4 heteroatoms. The van der Waals surface area contributed by atoms with E-state index in [9.17, 15) is 10.1 Å². The van der Waals surface area contributed by atoms with Gasteiger partial charge in [0.25, 0.3) is 5.69 Å². The highest BCUT2D eigenvalue weighted by molar-refractivity contribution is 5.40. The topological polar surface area (TPSA) is 69.2 Å². The average Bonchev–Trinajstić information content (AvgIpc) is 2.17. The summed E-state index contributed by atoms with van der Waals surface area (Å²) >= 11 is 0. The summed E-state index contributed by atoms with van der Waals surface area (Å²) in [6, 6.07) is 4.68. The molecule has 0 unspecified atom stereocenters. The third kappa shape index (κ3) is 2.09. The normalized spacial score (nSPS) is 12.5. The van der Waals surface area contributed by atoms with Gasteiger partial charge in [-0.15, -0.1) is 0 Å². The van der Waals surface area contributed by atoms with Crippen molar-refractivity contribution in [3.8, 4) is 0 Å². The molecule has 2 N–H and O–H groups in total. The largest absolute Gasteiger partial charge is 0.324 e. The quantitative estimate of drug-likeness (QED) is 0.593. The van der Waals surface area contributed by atoms with Gasteiger partial charge in [-0.25, -0.2) is 0 Å². The second-order valence-electron chi connectivity index (χ2n) is 3.31. The van der Waals surface area contributed by atoms with Gasteiger partial charge in [-0.2, -0.15) is 0 Å². The molecule has 14 heavy (non-hydrogen) atoms. The molecule has 1 aromatic rings. The molecule has 0 saturated carbocycles. The molecule has 0 aromatic heterocycles. The van der Waals surface area contributed by atoms with Crippen LogP contribution in [0.5, 0.6) is 0 Å². The maximum Gasteiger partial charge on any atom is 0.269 e. The number of nitro groups is 1. The number of rotatable bonds is 3. The highest BCUT2D eigenvalue weighted by atomic mass is 16.6. The Morgan fingerprint density at radius 2 is 2.21 bits per heavy atom. The molecule has 76 valence electrons. The summed E-state index contributed by atoms with van der Waals surface area (Å²) in [6.07, 6.45) is 0.780. The maximum absolute atomic E-state index is 10.5. The van der Waals surface area contributed by atoms with Crippen molar-refractivity contribution in [1.29, 1.82) is 0 Å². The van der Waals surface area contributed by atoms with E-state index in [2.05, 4.69) is 0 Å². The zero-order valence-corrected chi connectivity index (χ0v) is 8.36. The van der Waals surface area contributed by atoms with Gasteiger partial charge in [0.05, 0.1) is 4.92 Å². The lowest BCUT2D eigenvalue weighted by atomic mass is 9.99. The Morgan fingerprint density at radius 1 is 1.57 bits per heavy atom. The number of non-ortho nitro benzene ring substituents is 1. The lowest BCUT2D eigenvalue weighted by Crippen LogP contribution is -2.10. The fourth-order valence-corrected chi connectivity index (χ4v) is 1.36. The van der Waals surface area contributed by atoms with Crippen LogP contribution in [0, 0.1) is 17.0 Å². The van der Waals surface area contributed by atoms with Crippen LogP contribution in [0.2, 0.25) is 0 Å². The SMILES string of the molecule is CC[C@@H](N)c1cc([N+](=O)[O-])ccc1C. The monoisotopic (exact) mass is 194 g/mol. The van der Waals surface area contributed by atoms with E-state index in [-0.39, 0.29) is 11.7 Å². The Labute approximate surface area is 82.9 Å². The van der Waals surface area contributed by atoms with Crippen LogP contribution < -0.4 is 5.73 Å². The number of nitrogens with zero attached hydrogens (tertiary/aromatic N) is 1. The van der Waals surface area contributed by atoms with Gasteiger partial charge < -0.3 is 5.73 Å². The van der Waals surface area contributed by atoms with Crippen LogP contribution >= 0.6 is 0 Å². The molecule has 4 nitrogen and oxygen atoms in total. The molecule has 0 bridgehead atoms. The molecule has 1 atom stereocenters. The van der Waals surface area contributed by atoms with Crippen LogP contribution in [0.15, 0.2) is 18.2 Å². The van der Waals surface area contributed by atoms with Crippen molar-refractivity contribution >= 4 is 5.69 Å². The number of hydrogen-bond acceptors (Lipinski definition) is 3. The van der Waals surface area contributed by atoms with Crippen LogP contribution in [0.4, 0.5) is 5.69 Å². The zero-order valence-electron chi connectivity index (χ0n) is 8.36. The van der Waals surface area contributed by atoms with E-state index in [1.807, 2.05) is 13.8 Å². The van der Waals surface area contributed by atoms with E-state index in [1.54, 1.807) is 12.1 Å². The lowest BCUT2D eigenvalue weighted by Gasteiger charge is -2.11. The third-order valence-electron chi connectivity index (χ3n) is 2.31. The van der Waals surface area contributed by atoms with Gasteiger partial charge in [-0.05, 0) is 24.5 Å². The van der Waals surface area contributed by atoms with Crippen molar-refractivity contribution in [2.24, 2.45) is 5.73 Å². The third-order valence-corrected chi connectivity index (χ3v) is 2.31. The van der Waals surface area contributed by atoms with Crippen molar-refractivity contribution in [3.63, 3.8) is 0 Å². The molecule has 1 aromatic carbocycles. The second kappa shape index (κ2) is 4.19. The minimum atomic E-state index is -0.398. The molecule has 0 fully saturated rings. The van der Waals surface area contributed by atoms with Gasteiger partial charge in [0, 0.05) is 18.2 Å². The smallest absolute Gasteiger partial charge is 0.269 e. The van der Waals surface area contributed by atoms with Gasteiger partial charge in [0.1, 0.15) is 0 Å². The molecular formula is C10H14N2O2. The molecule has 0 aliphatic heterocycles. The fraction of sp³-hybridized carbons (Fsp3) is 0.400. The summed E-state index contributed by atoms with van der Waals surface area (Å²) in [5.41, 5.74) is 7.81. The number of benzene rings is 1. The summed E-state index contributed by atoms with van der Waals surface area (Å²) in [6.45, 7) is 3.87. The number of hydrogen-bond donors (Lipinski definition) is 1. The van der Waals surface area contributed by atoms with Crippen molar-refractivity contribution in [2.75, 3.05) is 0 Å². The van der Waals surface area contributed by atoms with Gasteiger partial charge in [-0.3, -0.25) is 10.1 Å². The minimum Gasteiger partial charge on any atom is -0.324 e. The summed E-state index contributed by atoms with van der Waals surface area (Å²) in [7, 11) is 0. The van der Waals surface area contributed by atoms with Crippen molar-refractivity contribution in [2.45, 2.75) is 26.3 Å². The molecule has 1 rings (SSSR count). The van der Waals surface area contributed by atoms with Gasteiger partial charge in [-0.1, -0.05) is 13.0 Å². The highest BCUT2D eigenvalue weighted by Gasteiger charge is 2.12. The van der Waals surface area contributed by atoms with Crippen molar-refractivity contribution in [1.82, 2.24) is 0 Å². The van der Waals surface area contributed by atoms with E-state index < -0.39 is 4.92 Å². The molecule has 0 aliphatic carbocycles. The summed E-state index contributed by atoms with van der Waals surface area (Å²) in [5.74, 6) is 0. The van der Waals surface area contributed by atoms with Crippen LogP contribution in [0.25, 0.3) is 0 Å². The molecular weight excluding hydrogens is 180 g/mol. The predicted octanol–water partition coefficient (Wildman–Crippen LogP) is 2.31. The molecule has 0 heterocycles. The van der Waals surface area contributed by atoms with E-state index in [1.165, 1.54) is 6.07 Å². The van der Waals surface area contributed by atoms with Crippen LogP contribution in [0.1, 0.15) is 30.5 Å². The van der Waals surface area contributed by atoms with E-state index >= 15 is 0 Å². The Kier molecular flexibility index (Phi) is 3.19.